The maximum absolute atomic E-state index is 13.0. The molecule has 0 aliphatic heterocycles. The molecule has 3 N–H and O–H groups in total. The Morgan fingerprint density at radius 3 is 2.18 bits per heavy atom. The molecule has 8 heteroatoms. The summed E-state index contributed by atoms with van der Waals surface area (Å²) >= 11 is 0. The summed E-state index contributed by atoms with van der Waals surface area (Å²) in [6.07, 6.45) is 0. The van der Waals surface area contributed by atoms with Gasteiger partial charge in [-0.05, 0) is 55.8 Å². The number of urea groups is 1. The Labute approximate surface area is 162 Å². The van der Waals surface area contributed by atoms with Crippen molar-refractivity contribution in [1.82, 2.24) is 10.2 Å². The fourth-order valence-corrected chi connectivity index (χ4v) is 2.48. The molecule has 3 amide bonds. The lowest BCUT2D eigenvalue weighted by atomic mass is 10.1. The number of rotatable bonds is 7. The summed E-state index contributed by atoms with van der Waals surface area (Å²) in [5.74, 6) is -2.05. The second-order valence-electron chi connectivity index (χ2n) is 6.51. The maximum Gasteiger partial charge on any atom is 0.323 e. The SMILES string of the molecule is CC(C)NC(=O)Nc1ccc(C(=O)N(CC(=O)O)Cc2ccc(F)cc2)cc1. The summed E-state index contributed by atoms with van der Waals surface area (Å²) in [4.78, 5) is 36.7. The van der Waals surface area contributed by atoms with Crippen LogP contribution in [0.3, 0.4) is 0 Å². The van der Waals surface area contributed by atoms with Crippen molar-refractivity contribution in [2.24, 2.45) is 0 Å². The third kappa shape index (κ3) is 6.39. The Hall–Kier alpha value is -3.42. The Morgan fingerprint density at radius 1 is 1.04 bits per heavy atom. The highest BCUT2D eigenvalue weighted by Gasteiger charge is 2.19. The van der Waals surface area contributed by atoms with E-state index in [4.69, 9.17) is 5.11 Å². The van der Waals surface area contributed by atoms with E-state index >= 15 is 0 Å². The molecular weight excluding hydrogens is 365 g/mol. The van der Waals surface area contributed by atoms with Gasteiger partial charge in [-0.2, -0.15) is 0 Å². The standard InChI is InChI=1S/C20H22FN3O4/c1-13(2)22-20(28)23-17-9-5-15(6-10-17)19(27)24(12-18(25)26)11-14-3-7-16(21)8-4-14/h3-10,13H,11-12H2,1-2H3,(H,25,26)(H2,22,23,28). The van der Waals surface area contributed by atoms with Gasteiger partial charge >= 0.3 is 12.0 Å². The minimum Gasteiger partial charge on any atom is -0.480 e. The number of amides is 3. The predicted molar refractivity (Wildman–Crippen MR) is 103 cm³/mol. The van der Waals surface area contributed by atoms with Crippen LogP contribution < -0.4 is 10.6 Å². The van der Waals surface area contributed by atoms with Gasteiger partial charge in [0, 0.05) is 23.8 Å². The molecule has 2 aromatic carbocycles. The van der Waals surface area contributed by atoms with Gasteiger partial charge in [0.25, 0.3) is 5.91 Å². The van der Waals surface area contributed by atoms with Gasteiger partial charge in [0.05, 0.1) is 0 Å². The summed E-state index contributed by atoms with van der Waals surface area (Å²) < 4.78 is 13.0. The van der Waals surface area contributed by atoms with Crippen LogP contribution in [0.25, 0.3) is 0 Å². The number of halogens is 1. The van der Waals surface area contributed by atoms with E-state index in [0.29, 0.717) is 11.3 Å². The second-order valence-corrected chi connectivity index (χ2v) is 6.51. The summed E-state index contributed by atoms with van der Waals surface area (Å²) in [6.45, 7) is 3.20. The number of carboxylic acid groups (broad SMARTS) is 1. The fraction of sp³-hybridized carbons (Fsp3) is 0.250. The topological polar surface area (TPSA) is 98.7 Å². The van der Waals surface area contributed by atoms with E-state index in [1.807, 2.05) is 13.8 Å². The smallest absolute Gasteiger partial charge is 0.323 e. The number of benzene rings is 2. The first-order chi connectivity index (χ1) is 13.2. The number of hydrogen-bond donors (Lipinski definition) is 3. The van der Waals surface area contributed by atoms with Crippen LogP contribution in [0.5, 0.6) is 0 Å². The molecule has 2 rings (SSSR count). The predicted octanol–water partition coefficient (Wildman–Crippen LogP) is 3.08. The number of aliphatic carboxylic acids is 1. The first-order valence-corrected chi connectivity index (χ1v) is 8.67. The normalized spacial score (nSPS) is 10.4. The molecule has 0 saturated heterocycles. The van der Waals surface area contributed by atoms with Crippen molar-refractivity contribution in [1.29, 1.82) is 0 Å². The molecule has 0 aliphatic carbocycles. The molecule has 0 heterocycles. The molecule has 0 aliphatic rings. The van der Waals surface area contributed by atoms with Crippen molar-refractivity contribution in [2.75, 3.05) is 11.9 Å². The number of carbonyl (C=O) groups excluding carboxylic acids is 2. The van der Waals surface area contributed by atoms with E-state index in [1.54, 1.807) is 12.1 Å². The van der Waals surface area contributed by atoms with Gasteiger partial charge in [-0.3, -0.25) is 9.59 Å². The number of carboxylic acids is 1. The lowest BCUT2D eigenvalue weighted by Crippen LogP contribution is -2.35. The molecule has 2 aromatic rings. The molecule has 0 saturated carbocycles. The van der Waals surface area contributed by atoms with E-state index < -0.39 is 24.2 Å². The molecule has 7 nitrogen and oxygen atoms in total. The average Bonchev–Trinajstić information content (AvgIpc) is 2.62. The summed E-state index contributed by atoms with van der Waals surface area (Å²) in [5, 5.41) is 14.4. The molecule has 0 unspecified atom stereocenters. The lowest BCUT2D eigenvalue weighted by Gasteiger charge is -2.21. The molecule has 0 spiro atoms. The Morgan fingerprint density at radius 2 is 1.64 bits per heavy atom. The van der Waals surface area contributed by atoms with E-state index in [9.17, 15) is 18.8 Å². The van der Waals surface area contributed by atoms with Crippen LogP contribution in [0.2, 0.25) is 0 Å². The monoisotopic (exact) mass is 387 g/mol. The van der Waals surface area contributed by atoms with Crippen LogP contribution in [0.1, 0.15) is 29.8 Å². The van der Waals surface area contributed by atoms with Crippen molar-refractivity contribution in [3.63, 3.8) is 0 Å². The Kier molecular flexibility index (Phi) is 7.08. The lowest BCUT2D eigenvalue weighted by molar-refractivity contribution is -0.137. The van der Waals surface area contributed by atoms with Crippen LogP contribution in [0, 0.1) is 5.82 Å². The molecule has 0 fully saturated rings. The summed E-state index contributed by atoms with van der Waals surface area (Å²) in [7, 11) is 0. The van der Waals surface area contributed by atoms with Crippen molar-refractivity contribution >= 4 is 23.6 Å². The third-order valence-electron chi connectivity index (χ3n) is 3.71. The van der Waals surface area contributed by atoms with Crippen LogP contribution in [-0.4, -0.2) is 40.5 Å². The fourth-order valence-electron chi connectivity index (χ4n) is 2.48. The van der Waals surface area contributed by atoms with E-state index in [-0.39, 0.29) is 24.2 Å². The van der Waals surface area contributed by atoms with Gasteiger partial charge in [-0.1, -0.05) is 12.1 Å². The molecule has 0 aromatic heterocycles. The van der Waals surface area contributed by atoms with Gasteiger partial charge in [0.15, 0.2) is 0 Å². The van der Waals surface area contributed by atoms with E-state index in [2.05, 4.69) is 10.6 Å². The third-order valence-corrected chi connectivity index (χ3v) is 3.71. The van der Waals surface area contributed by atoms with Gasteiger partial charge in [0.1, 0.15) is 12.4 Å². The van der Waals surface area contributed by atoms with Crippen LogP contribution >= 0.6 is 0 Å². The summed E-state index contributed by atoms with van der Waals surface area (Å²) in [5.41, 5.74) is 1.39. The number of nitrogens with one attached hydrogen (secondary N) is 2. The van der Waals surface area contributed by atoms with Gasteiger partial charge in [-0.25, -0.2) is 9.18 Å². The number of carbonyl (C=O) groups is 3. The van der Waals surface area contributed by atoms with Crippen molar-refractivity contribution in [2.45, 2.75) is 26.4 Å². The van der Waals surface area contributed by atoms with Crippen LogP contribution in [0.15, 0.2) is 48.5 Å². The molecule has 0 bridgehead atoms. The maximum atomic E-state index is 13.0. The van der Waals surface area contributed by atoms with Crippen molar-refractivity contribution in [3.05, 3.63) is 65.5 Å². The van der Waals surface area contributed by atoms with Crippen molar-refractivity contribution < 1.29 is 23.9 Å². The van der Waals surface area contributed by atoms with E-state index in [0.717, 1.165) is 4.90 Å². The highest BCUT2D eigenvalue weighted by molar-refractivity contribution is 5.97. The van der Waals surface area contributed by atoms with Gasteiger partial charge in [-0.15, -0.1) is 0 Å². The molecule has 0 atom stereocenters. The molecule has 28 heavy (non-hydrogen) atoms. The number of anilines is 1. The van der Waals surface area contributed by atoms with Crippen LogP contribution in [0.4, 0.5) is 14.9 Å². The first-order valence-electron chi connectivity index (χ1n) is 8.67. The molecule has 148 valence electrons. The average molecular weight is 387 g/mol. The zero-order valence-electron chi connectivity index (χ0n) is 15.6. The largest absolute Gasteiger partial charge is 0.480 e. The van der Waals surface area contributed by atoms with Gasteiger partial charge in [0.2, 0.25) is 0 Å². The number of hydrogen-bond acceptors (Lipinski definition) is 3. The quantitative estimate of drug-likeness (QED) is 0.680. The second kappa shape index (κ2) is 9.50. The Balaban J connectivity index is 2.11. The zero-order valence-corrected chi connectivity index (χ0v) is 15.6. The first kappa shape index (κ1) is 20.9. The minimum absolute atomic E-state index is 0.0168. The molecule has 0 radical (unpaired) electrons. The summed E-state index contributed by atoms with van der Waals surface area (Å²) in [6, 6.07) is 11.3. The highest BCUT2D eigenvalue weighted by Crippen LogP contribution is 2.14. The van der Waals surface area contributed by atoms with Crippen LogP contribution in [-0.2, 0) is 11.3 Å². The molecular formula is C20H22FN3O4. The van der Waals surface area contributed by atoms with Gasteiger partial charge < -0.3 is 20.6 Å². The van der Waals surface area contributed by atoms with Crippen molar-refractivity contribution in [3.8, 4) is 0 Å². The number of nitrogens with zero attached hydrogens (tertiary/aromatic N) is 1. The Bertz CT molecular complexity index is 836. The zero-order chi connectivity index (χ0) is 20.7. The minimum atomic E-state index is -1.15. The van der Waals surface area contributed by atoms with E-state index in [1.165, 1.54) is 36.4 Å². The highest BCUT2D eigenvalue weighted by atomic mass is 19.1.